The Balaban J connectivity index is 0.00000280. The SMILES string of the molecule is Cl.Fc1ccc(N(CCNCCCc2ccccc2)c2ccc(F)cc2)cc1. The molecule has 0 heterocycles. The van der Waals surface area contributed by atoms with Crippen LogP contribution in [0.3, 0.4) is 0 Å². The molecule has 0 saturated heterocycles. The second-order valence-electron chi connectivity index (χ2n) is 6.44. The number of hydrogen-bond donors (Lipinski definition) is 1. The minimum Gasteiger partial charge on any atom is -0.340 e. The lowest BCUT2D eigenvalue weighted by Crippen LogP contribution is -2.29. The monoisotopic (exact) mass is 402 g/mol. The van der Waals surface area contributed by atoms with Gasteiger partial charge in [0.05, 0.1) is 0 Å². The number of hydrogen-bond acceptors (Lipinski definition) is 2. The molecule has 0 aliphatic heterocycles. The molecule has 3 rings (SSSR count). The van der Waals surface area contributed by atoms with Crippen LogP contribution in [0.4, 0.5) is 20.2 Å². The predicted octanol–water partition coefficient (Wildman–Crippen LogP) is 5.75. The molecule has 0 bridgehead atoms. The van der Waals surface area contributed by atoms with E-state index in [0.717, 1.165) is 37.3 Å². The molecule has 0 aromatic heterocycles. The van der Waals surface area contributed by atoms with Gasteiger partial charge in [-0.15, -0.1) is 12.4 Å². The number of benzene rings is 3. The van der Waals surface area contributed by atoms with Crippen molar-refractivity contribution in [3.8, 4) is 0 Å². The second kappa shape index (κ2) is 11.4. The van der Waals surface area contributed by atoms with Crippen LogP contribution in [0, 0.1) is 11.6 Å². The zero-order valence-corrected chi connectivity index (χ0v) is 16.5. The van der Waals surface area contributed by atoms with E-state index in [1.165, 1.54) is 29.8 Å². The highest BCUT2D eigenvalue weighted by Gasteiger charge is 2.09. The molecule has 0 fully saturated rings. The zero-order chi connectivity index (χ0) is 18.9. The molecular weight excluding hydrogens is 378 g/mol. The highest BCUT2D eigenvalue weighted by atomic mass is 35.5. The van der Waals surface area contributed by atoms with Crippen LogP contribution in [0.15, 0.2) is 78.9 Å². The van der Waals surface area contributed by atoms with Crippen LogP contribution in [-0.4, -0.2) is 19.6 Å². The van der Waals surface area contributed by atoms with E-state index in [9.17, 15) is 8.78 Å². The van der Waals surface area contributed by atoms with Gasteiger partial charge in [-0.05, 0) is 73.5 Å². The quantitative estimate of drug-likeness (QED) is 0.458. The average Bonchev–Trinajstić information content (AvgIpc) is 2.70. The fraction of sp³-hybridized carbons (Fsp3) is 0.217. The van der Waals surface area contributed by atoms with Gasteiger partial charge in [0.15, 0.2) is 0 Å². The Morgan fingerprint density at radius 1 is 0.679 bits per heavy atom. The van der Waals surface area contributed by atoms with Gasteiger partial charge in [0.2, 0.25) is 0 Å². The summed E-state index contributed by atoms with van der Waals surface area (Å²) in [6, 6.07) is 23.2. The summed E-state index contributed by atoms with van der Waals surface area (Å²) in [5.74, 6) is -0.534. The van der Waals surface area contributed by atoms with Crippen LogP contribution in [0.2, 0.25) is 0 Å². The molecule has 0 spiro atoms. The molecule has 0 aliphatic rings. The van der Waals surface area contributed by atoms with E-state index >= 15 is 0 Å². The van der Waals surface area contributed by atoms with Gasteiger partial charge in [0.25, 0.3) is 0 Å². The van der Waals surface area contributed by atoms with Gasteiger partial charge in [-0.25, -0.2) is 8.78 Å². The van der Waals surface area contributed by atoms with Crippen molar-refractivity contribution >= 4 is 23.8 Å². The van der Waals surface area contributed by atoms with Crippen molar-refractivity contribution in [2.24, 2.45) is 0 Å². The van der Waals surface area contributed by atoms with Crippen LogP contribution >= 0.6 is 12.4 Å². The lowest BCUT2D eigenvalue weighted by Gasteiger charge is -2.25. The van der Waals surface area contributed by atoms with Crippen molar-refractivity contribution in [2.75, 3.05) is 24.5 Å². The van der Waals surface area contributed by atoms with Crippen LogP contribution in [0.1, 0.15) is 12.0 Å². The Morgan fingerprint density at radius 2 is 1.21 bits per heavy atom. The number of rotatable bonds is 9. The molecule has 5 heteroatoms. The van der Waals surface area contributed by atoms with E-state index in [4.69, 9.17) is 0 Å². The summed E-state index contributed by atoms with van der Waals surface area (Å²) in [5.41, 5.74) is 3.11. The first-order valence-electron chi connectivity index (χ1n) is 9.26. The summed E-state index contributed by atoms with van der Waals surface area (Å²) in [4.78, 5) is 2.06. The van der Waals surface area contributed by atoms with Crippen molar-refractivity contribution in [2.45, 2.75) is 12.8 Å². The van der Waals surface area contributed by atoms with Crippen molar-refractivity contribution in [1.82, 2.24) is 5.32 Å². The number of nitrogens with one attached hydrogen (secondary N) is 1. The number of anilines is 2. The maximum Gasteiger partial charge on any atom is 0.123 e. The first kappa shape index (κ1) is 21.9. The molecule has 28 heavy (non-hydrogen) atoms. The van der Waals surface area contributed by atoms with Gasteiger partial charge < -0.3 is 10.2 Å². The molecular formula is C23H25ClF2N2. The first-order chi connectivity index (χ1) is 13.2. The fourth-order valence-electron chi connectivity index (χ4n) is 3.03. The maximum absolute atomic E-state index is 13.3. The van der Waals surface area contributed by atoms with E-state index < -0.39 is 0 Å². The van der Waals surface area contributed by atoms with E-state index in [1.807, 2.05) is 6.07 Å². The van der Waals surface area contributed by atoms with E-state index in [2.05, 4.69) is 34.5 Å². The molecule has 148 valence electrons. The second-order valence-corrected chi connectivity index (χ2v) is 6.44. The van der Waals surface area contributed by atoms with E-state index in [0.29, 0.717) is 6.54 Å². The van der Waals surface area contributed by atoms with E-state index in [1.54, 1.807) is 24.3 Å². The molecule has 0 radical (unpaired) electrons. The summed E-state index contributed by atoms with van der Waals surface area (Å²) < 4.78 is 26.5. The normalized spacial score (nSPS) is 10.4. The molecule has 0 atom stereocenters. The van der Waals surface area contributed by atoms with E-state index in [-0.39, 0.29) is 24.0 Å². The third-order valence-electron chi connectivity index (χ3n) is 4.45. The van der Waals surface area contributed by atoms with Gasteiger partial charge in [0, 0.05) is 24.5 Å². The molecule has 2 nitrogen and oxygen atoms in total. The van der Waals surface area contributed by atoms with Crippen molar-refractivity contribution in [1.29, 1.82) is 0 Å². The van der Waals surface area contributed by atoms with Gasteiger partial charge in [-0.1, -0.05) is 30.3 Å². The highest BCUT2D eigenvalue weighted by molar-refractivity contribution is 5.85. The Kier molecular flexibility index (Phi) is 8.92. The number of halogens is 3. The van der Waals surface area contributed by atoms with Gasteiger partial charge in [-0.2, -0.15) is 0 Å². The third-order valence-corrected chi connectivity index (χ3v) is 4.45. The molecule has 0 amide bonds. The smallest absolute Gasteiger partial charge is 0.123 e. The summed E-state index contributed by atoms with van der Waals surface area (Å²) >= 11 is 0. The lowest BCUT2D eigenvalue weighted by atomic mass is 10.1. The summed E-state index contributed by atoms with van der Waals surface area (Å²) in [7, 11) is 0. The van der Waals surface area contributed by atoms with Crippen molar-refractivity contribution < 1.29 is 8.78 Å². The molecule has 1 N–H and O–H groups in total. The molecule has 0 saturated carbocycles. The Hall–Kier alpha value is -2.43. The molecule has 0 aliphatic carbocycles. The molecule has 3 aromatic rings. The average molecular weight is 403 g/mol. The molecule has 0 unspecified atom stereocenters. The van der Waals surface area contributed by atoms with Crippen LogP contribution < -0.4 is 10.2 Å². The fourth-order valence-corrected chi connectivity index (χ4v) is 3.03. The third kappa shape index (κ3) is 6.63. The predicted molar refractivity (Wildman–Crippen MR) is 115 cm³/mol. The zero-order valence-electron chi connectivity index (χ0n) is 15.7. The topological polar surface area (TPSA) is 15.3 Å². The highest BCUT2D eigenvalue weighted by Crippen LogP contribution is 2.25. The Morgan fingerprint density at radius 3 is 1.75 bits per heavy atom. The summed E-state index contributed by atoms with van der Waals surface area (Å²) in [5, 5.41) is 3.46. The number of aryl methyl sites for hydroxylation is 1. The van der Waals surface area contributed by atoms with Crippen molar-refractivity contribution in [3.05, 3.63) is 96.1 Å². The standard InChI is InChI=1S/C23H24F2N2.ClH/c24-20-8-12-22(13-9-20)27(23-14-10-21(25)11-15-23)18-17-26-16-4-7-19-5-2-1-3-6-19;/h1-3,5-6,8-15,26H,4,7,16-18H2;1H. The van der Waals surface area contributed by atoms with Crippen molar-refractivity contribution in [3.63, 3.8) is 0 Å². The summed E-state index contributed by atoms with van der Waals surface area (Å²) in [6.07, 6.45) is 2.12. The largest absolute Gasteiger partial charge is 0.340 e. The number of nitrogens with zero attached hydrogens (tertiary/aromatic N) is 1. The summed E-state index contributed by atoms with van der Waals surface area (Å²) in [6.45, 7) is 2.42. The van der Waals surface area contributed by atoms with Gasteiger partial charge >= 0.3 is 0 Å². The van der Waals surface area contributed by atoms with Gasteiger partial charge in [0.1, 0.15) is 11.6 Å². The maximum atomic E-state index is 13.3. The van der Waals surface area contributed by atoms with Crippen LogP contribution in [-0.2, 0) is 6.42 Å². The first-order valence-corrected chi connectivity index (χ1v) is 9.26. The van der Waals surface area contributed by atoms with Gasteiger partial charge in [-0.3, -0.25) is 0 Å². The van der Waals surface area contributed by atoms with Crippen LogP contribution in [0.25, 0.3) is 0 Å². The van der Waals surface area contributed by atoms with Crippen LogP contribution in [0.5, 0.6) is 0 Å². The molecule has 3 aromatic carbocycles. The minimum absolute atomic E-state index is 0. The Labute approximate surface area is 171 Å². The minimum atomic E-state index is -0.267. The lowest BCUT2D eigenvalue weighted by molar-refractivity contribution is 0.626. The Bertz CT molecular complexity index is 763.